The minimum absolute atomic E-state index is 0.436. The number of nitrogens with one attached hydrogen (secondary N) is 1. The topological polar surface area (TPSA) is 42.0 Å². The van der Waals surface area contributed by atoms with Crippen molar-refractivity contribution in [3.8, 4) is 0 Å². The Hall–Kier alpha value is -3.00. The maximum absolute atomic E-state index is 14.8. The molecule has 4 rings (SSSR count). The Morgan fingerprint density at radius 3 is 1.72 bits per heavy atom. The molecule has 3 nitrogen and oxygen atoms in total. The average Bonchev–Trinajstić information content (AvgIpc) is 2.81. The van der Waals surface area contributed by atoms with Gasteiger partial charge < -0.3 is 4.57 Å². The summed E-state index contributed by atoms with van der Waals surface area (Å²) in [4.78, 5) is 4.57. The molecule has 0 spiro atoms. The van der Waals surface area contributed by atoms with E-state index in [0.29, 0.717) is 6.54 Å². The molecule has 0 aliphatic carbocycles. The molecule has 0 fully saturated rings. The summed E-state index contributed by atoms with van der Waals surface area (Å²) in [5.74, 6) is -0.436. The highest BCUT2D eigenvalue weighted by atomic mass is 31.2. The molecule has 1 atom stereocenters. The van der Waals surface area contributed by atoms with Gasteiger partial charge >= 0.3 is 0 Å². The molecule has 0 aliphatic heterocycles. The van der Waals surface area contributed by atoms with Crippen LogP contribution in [0.5, 0.6) is 0 Å². The first-order chi connectivity index (χ1) is 14.3. The van der Waals surface area contributed by atoms with Crippen molar-refractivity contribution in [2.24, 2.45) is 0 Å². The number of benzene rings is 3. The minimum Gasteiger partial charge on any atom is -0.312 e. The average molecular weight is 398 g/mol. The molecular formula is C25H23N2OP. The first kappa shape index (κ1) is 19.3. The van der Waals surface area contributed by atoms with Crippen LogP contribution in [-0.2, 0) is 11.1 Å². The summed E-state index contributed by atoms with van der Waals surface area (Å²) in [7, 11) is -3.07. The standard InChI is InChI=1S/C25H23N2OP/c28-29(22-14-6-2-7-15-22,23-16-8-3-9-17-23)25(24-18-10-11-19-26-24)27-20-21-12-4-1-5-13-21/h1-19,25,27H,20H2/t25-/m1/s1. The predicted octanol–water partition coefficient (Wildman–Crippen LogP) is 4.88. The molecule has 4 heteroatoms. The highest BCUT2D eigenvalue weighted by molar-refractivity contribution is 7.79. The van der Waals surface area contributed by atoms with Crippen molar-refractivity contribution in [2.45, 2.75) is 12.3 Å². The van der Waals surface area contributed by atoms with Crippen LogP contribution in [0.15, 0.2) is 115 Å². The normalized spacial score (nSPS) is 12.4. The fourth-order valence-corrected chi connectivity index (χ4v) is 6.51. The molecule has 3 aromatic carbocycles. The first-order valence-corrected chi connectivity index (χ1v) is 11.5. The maximum Gasteiger partial charge on any atom is 0.165 e. The number of hydrogen-bond acceptors (Lipinski definition) is 3. The van der Waals surface area contributed by atoms with E-state index in [1.807, 2.05) is 97.1 Å². The van der Waals surface area contributed by atoms with E-state index in [-0.39, 0.29) is 0 Å². The molecule has 0 unspecified atom stereocenters. The van der Waals surface area contributed by atoms with Crippen LogP contribution in [0, 0.1) is 0 Å². The first-order valence-electron chi connectivity index (χ1n) is 9.67. The van der Waals surface area contributed by atoms with Crippen LogP contribution in [-0.4, -0.2) is 4.98 Å². The highest BCUT2D eigenvalue weighted by Gasteiger charge is 2.38. The van der Waals surface area contributed by atoms with Gasteiger partial charge in [-0.1, -0.05) is 97.1 Å². The van der Waals surface area contributed by atoms with Gasteiger partial charge in [-0.2, -0.15) is 0 Å². The Morgan fingerprint density at radius 2 is 1.21 bits per heavy atom. The Labute approximate surface area is 171 Å². The third-order valence-corrected chi connectivity index (χ3v) is 8.26. The van der Waals surface area contributed by atoms with Crippen molar-refractivity contribution in [3.63, 3.8) is 0 Å². The van der Waals surface area contributed by atoms with Gasteiger partial charge in [-0.05, 0) is 17.7 Å². The predicted molar refractivity (Wildman–Crippen MR) is 120 cm³/mol. The van der Waals surface area contributed by atoms with E-state index in [2.05, 4.69) is 22.4 Å². The van der Waals surface area contributed by atoms with Crippen molar-refractivity contribution in [2.75, 3.05) is 0 Å². The summed E-state index contributed by atoms with van der Waals surface area (Å²) in [5, 5.41) is 5.21. The molecule has 0 saturated carbocycles. The lowest BCUT2D eigenvalue weighted by Gasteiger charge is -2.29. The van der Waals surface area contributed by atoms with Gasteiger partial charge in [-0.15, -0.1) is 0 Å². The van der Waals surface area contributed by atoms with Crippen LogP contribution in [0.2, 0.25) is 0 Å². The minimum atomic E-state index is -3.07. The lowest BCUT2D eigenvalue weighted by Crippen LogP contribution is -2.30. The third-order valence-electron chi connectivity index (χ3n) is 4.95. The van der Waals surface area contributed by atoms with Gasteiger partial charge in [0, 0.05) is 23.4 Å². The summed E-state index contributed by atoms with van der Waals surface area (Å²) in [6.45, 7) is 0.603. The van der Waals surface area contributed by atoms with Gasteiger partial charge in [0.1, 0.15) is 5.78 Å². The lowest BCUT2D eigenvalue weighted by molar-refractivity contribution is 0.556. The molecule has 0 aliphatic rings. The van der Waals surface area contributed by atoms with Crippen molar-refractivity contribution in [1.82, 2.24) is 10.3 Å². The second kappa shape index (κ2) is 9.00. The summed E-state index contributed by atoms with van der Waals surface area (Å²) in [6, 6.07) is 35.4. The fourth-order valence-electron chi connectivity index (χ4n) is 3.51. The molecule has 1 heterocycles. The van der Waals surface area contributed by atoms with E-state index in [1.165, 1.54) is 0 Å². The number of pyridine rings is 1. The van der Waals surface area contributed by atoms with Gasteiger partial charge in [-0.25, -0.2) is 0 Å². The highest BCUT2D eigenvalue weighted by Crippen LogP contribution is 2.55. The molecule has 0 radical (unpaired) electrons. The summed E-state index contributed by atoms with van der Waals surface area (Å²) in [6.07, 6.45) is 1.76. The lowest BCUT2D eigenvalue weighted by atomic mass is 10.2. The molecule has 29 heavy (non-hydrogen) atoms. The third kappa shape index (κ3) is 4.22. The number of hydrogen-bond donors (Lipinski definition) is 1. The molecule has 1 N–H and O–H groups in total. The monoisotopic (exact) mass is 398 g/mol. The van der Waals surface area contributed by atoms with E-state index < -0.39 is 12.9 Å². The zero-order chi connectivity index (χ0) is 19.9. The number of aromatic nitrogens is 1. The van der Waals surface area contributed by atoms with E-state index in [0.717, 1.165) is 21.9 Å². The molecule has 0 bridgehead atoms. The van der Waals surface area contributed by atoms with E-state index >= 15 is 0 Å². The number of nitrogens with zero attached hydrogens (tertiary/aromatic N) is 1. The molecular weight excluding hydrogens is 375 g/mol. The maximum atomic E-state index is 14.8. The van der Waals surface area contributed by atoms with Gasteiger partial charge in [0.25, 0.3) is 0 Å². The van der Waals surface area contributed by atoms with Crippen LogP contribution in [0.4, 0.5) is 0 Å². The van der Waals surface area contributed by atoms with Crippen LogP contribution < -0.4 is 15.9 Å². The van der Waals surface area contributed by atoms with Gasteiger partial charge in [-0.3, -0.25) is 10.3 Å². The molecule has 1 aromatic heterocycles. The zero-order valence-corrected chi connectivity index (χ0v) is 17.0. The SMILES string of the molecule is O=P(c1ccccc1)(c1ccccc1)[C@@H](NCc1ccccc1)c1ccccn1. The van der Waals surface area contributed by atoms with Crippen LogP contribution in [0.1, 0.15) is 17.0 Å². The van der Waals surface area contributed by atoms with Crippen molar-refractivity contribution < 1.29 is 4.57 Å². The Bertz CT molecular complexity index is 1030. The van der Waals surface area contributed by atoms with E-state index in [1.54, 1.807) is 6.20 Å². The van der Waals surface area contributed by atoms with Crippen LogP contribution >= 0.6 is 7.14 Å². The largest absolute Gasteiger partial charge is 0.312 e. The Balaban J connectivity index is 1.83. The summed E-state index contributed by atoms with van der Waals surface area (Å²) in [5.41, 5.74) is 1.92. The van der Waals surface area contributed by atoms with Crippen molar-refractivity contribution in [3.05, 3.63) is 127 Å². The van der Waals surface area contributed by atoms with Gasteiger partial charge in [0.15, 0.2) is 7.14 Å². The van der Waals surface area contributed by atoms with Crippen molar-refractivity contribution >= 4 is 17.8 Å². The molecule has 144 valence electrons. The fraction of sp³-hybridized carbons (Fsp3) is 0.0800. The van der Waals surface area contributed by atoms with E-state index in [9.17, 15) is 4.57 Å². The second-order valence-electron chi connectivity index (χ2n) is 6.85. The van der Waals surface area contributed by atoms with Gasteiger partial charge in [0.05, 0.1) is 5.69 Å². The number of rotatable bonds is 7. The van der Waals surface area contributed by atoms with E-state index in [4.69, 9.17) is 0 Å². The van der Waals surface area contributed by atoms with Gasteiger partial charge in [0.2, 0.25) is 0 Å². The zero-order valence-electron chi connectivity index (χ0n) is 16.1. The molecule has 0 saturated heterocycles. The van der Waals surface area contributed by atoms with Crippen molar-refractivity contribution in [1.29, 1.82) is 0 Å². The smallest absolute Gasteiger partial charge is 0.165 e. The summed E-state index contributed by atoms with van der Waals surface area (Å²) >= 11 is 0. The summed E-state index contributed by atoms with van der Waals surface area (Å²) < 4.78 is 14.8. The van der Waals surface area contributed by atoms with Crippen LogP contribution in [0.25, 0.3) is 0 Å². The second-order valence-corrected chi connectivity index (χ2v) is 9.72. The Kier molecular flexibility index (Phi) is 6.00. The molecule has 4 aromatic rings. The quantitative estimate of drug-likeness (QED) is 0.451. The van der Waals surface area contributed by atoms with Crippen LogP contribution in [0.3, 0.4) is 0 Å². The Morgan fingerprint density at radius 1 is 0.690 bits per heavy atom. The molecule has 0 amide bonds.